The average Bonchev–Trinajstić information content (AvgIpc) is 2.29. The Bertz CT molecular complexity index is 157. The second-order valence-electron chi connectivity index (χ2n) is 4.44. The second kappa shape index (κ2) is 12.3. The molecule has 0 aromatic rings. The highest BCUT2D eigenvalue weighted by Gasteiger charge is 2.16. The summed E-state index contributed by atoms with van der Waals surface area (Å²) in [4.78, 5) is 0. The first-order valence-corrected chi connectivity index (χ1v) is 6.69. The number of hydrogen-bond donors (Lipinski definition) is 0. The molecule has 0 heterocycles. The minimum atomic E-state index is 1.07. The molecule has 0 aliphatic rings. The molecule has 0 aromatic carbocycles. The lowest BCUT2D eigenvalue weighted by atomic mass is 9.92. The molecule has 0 aliphatic heterocycles. The van der Waals surface area contributed by atoms with Gasteiger partial charge in [-0.15, -0.1) is 6.58 Å². The van der Waals surface area contributed by atoms with Crippen molar-refractivity contribution in [2.24, 2.45) is 0 Å². The molecule has 16 heavy (non-hydrogen) atoms. The Hall–Kier alpha value is -0.780. The van der Waals surface area contributed by atoms with E-state index in [0.29, 0.717) is 0 Å². The van der Waals surface area contributed by atoms with Crippen molar-refractivity contribution in [1.82, 2.24) is 0 Å². The van der Waals surface area contributed by atoms with Crippen molar-refractivity contribution in [1.29, 1.82) is 0 Å². The van der Waals surface area contributed by atoms with E-state index in [1.165, 1.54) is 44.9 Å². The minimum Gasteiger partial charge on any atom is -0.103 e. The summed E-state index contributed by atoms with van der Waals surface area (Å²) < 4.78 is 0. The molecular formula is C16H28+2. The SMILES string of the molecule is C=CCCCCC[C+](CC=C)CCCC[CH2+]. The Morgan fingerprint density at radius 3 is 2.12 bits per heavy atom. The summed E-state index contributed by atoms with van der Waals surface area (Å²) in [5.74, 6) is 1.68. The average molecular weight is 220 g/mol. The zero-order valence-electron chi connectivity index (χ0n) is 10.8. The van der Waals surface area contributed by atoms with Crippen LogP contribution in [-0.4, -0.2) is 0 Å². The Morgan fingerprint density at radius 1 is 0.875 bits per heavy atom. The molecule has 0 nitrogen and oxygen atoms in total. The Morgan fingerprint density at radius 2 is 1.56 bits per heavy atom. The molecular weight excluding hydrogens is 192 g/mol. The Balaban J connectivity index is 3.50. The van der Waals surface area contributed by atoms with E-state index in [9.17, 15) is 0 Å². The van der Waals surface area contributed by atoms with E-state index in [2.05, 4.69) is 20.1 Å². The van der Waals surface area contributed by atoms with Crippen LogP contribution in [0.25, 0.3) is 0 Å². The monoisotopic (exact) mass is 220 g/mol. The van der Waals surface area contributed by atoms with E-state index >= 15 is 0 Å². The Kier molecular flexibility index (Phi) is 11.7. The zero-order chi connectivity index (χ0) is 12.1. The van der Waals surface area contributed by atoms with Gasteiger partial charge in [-0.3, -0.25) is 0 Å². The van der Waals surface area contributed by atoms with Crippen LogP contribution in [0.2, 0.25) is 0 Å². The first-order valence-electron chi connectivity index (χ1n) is 6.69. The highest BCUT2D eigenvalue weighted by atomic mass is 14.1. The van der Waals surface area contributed by atoms with Gasteiger partial charge in [0.1, 0.15) is 6.42 Å². The topological polar surface area (TPSA) is 0 Å². The van der Waals surface area contributed by atoms with Crippen LogP contribution in [0.5, 0.6) is 0 Å². The lowest BCUT2D eigenvalue weighted by molar-refractivity contribution is 0.586. The third-order valence-corrected chi connectivity index (χ3v) is 2.90. The molecule has 0 heteroatoms. The smallest absolute Gasteiger partial charge is 0.103 e. The van der Waals surface area contributed by atoms with Crippen molar-refractivity contribution >= 4 is 0 Å². The molecule has 0 amide bonds. The van der Waals surface area contributed by atoms with Crippen molar-refractivity contribution in [2.45, 2.75) is 64.2 Å². The first-order chi connectivity index (χ1) is 7.85. The highest BCUT2D eigenvalue weighted by molar-refractivity contribution is 4.95. The van der Waals surface area contributed by atoms with Crippen LogP contribution in [0.15, 0.2) is 25.3 Å². The highest BCUT2D eigenvalue weighted by Crippen LogP contribution is 2.23. The zero-order valence-corrected chi connectivity index (χ0v) is 10.8. The van der Waals surface area contributed by atoms with Crippen molar-refractivity contribution in [2.75, 3.05) is 0 Å². The third-order valence-electron chi connectivity index (χ3n) is 2.90. The summed E-state index contributed by atoms with van der Waals surface area (Å²) in [6.07, 6.45) is 16.5. The second-order valence-corrected chi connectivity index (χ2v) is 4.44. The predicted molar refractivity (Wildman–Crippen MR) is 75.2 cm³/mol. The molecule has 0 rings (SSSR count). The van der Waals surface area contributed by atoms with Crippen molar-refractivity contribution in [3.05, 3.63) is 38.2 Å². The number of allylic oxidation sites excluding steroid dienone is 2. The van der Waals surface area contributed by atoms with Crippen LogP contribution < -0.4 is 0 Å². The molecule has 90 valence electrons. The maximum atomic E-state index is 3.89. The van der Waals surface area contributed by atoms with Crippen molar-refractivity contribution < 1.29 is 0 Å². The fourth-order valence-corrected chi connectivity index (χ4v) is 1.93. The van der Waals surface area contributed by atoms with Gasteiger partial charge in [0.25, 0.3) is 0 Å². The van der Waals surface area contributed by atoms with Gasteiger partial charge in [0.05, 0.1) is 32.1 Å². The van der Waals surface area contributed by atoms with Gasteiger partial charge in [0, 0.05) is 0 Å². The lowest BCUT2D eigenvalue weighted by Gasteiger charge is -2.04. The molecule has 0 aliphatic carbocycles. The molecule has 0 atom stereocenters. The summed E-state index contributed by atoms with van der Waals surface area (Å²) in [5.41, 5.74) is 0. The Labute approximate surface area is 103 Å². The van der Waals surface area contributed by atoms with E-state index < -0.39 is 0 Å². The molecule has 0 saturated heterocycles. The van der Waals surface area contributed by atoms with E-state index in [0.717, 1.165) is 19.3 Å². The first kappa shape index (κ1) is 15.2. The maximum absolute atomic E-state index is 3.89. The molecule has 0 radical (unpaired) electrons. The maximum Gasteiger partial charge on any atom is 0.108 e. The van der Waals surface area contributed by atoms with Crippen LogP contribution in [0.4, 0.5) is 0 Å². The quantitative estimate of drug-likeness (QED) is 0.226. The van der Waals surface area contributed by atoms with E-state index in [4.69, 9.17) is 0 Å². The summed E-state index contributed by atoms with van der Waals surface area (Å²) in [6, 6.07) is 0. The normalized spacial score (nSPS) is 10.0. The third kappa shape index (κ3) is 9.76. The van der Waals surface area contributed by atoms with Gasteiger partial charge in [-0.1, -0.05) is 12.7 Å². The summed E-state index contributed by atoms with van der Waals surface area (Å²) >= 11 is 0. The summed E-state index contributed by atoms with van der Waals surface area (Å²) in [6.45, 7) is 11.5. The fraction of sp³-hybridized carbons (Fsp3) is 0.625. The van der Waals surface area contributed by atoms with Crippen LogP contribution >= 0.6 is 0 Å². The summed E-state index contributed by atoms with van der Waals surface area (Å²) in [7, 11) is 0. The molecule has 0 bridgehead atoms. The number of rotatable bonds is 12. The van der Waals surface area contributed by atoms with E-state index in [1.807, 2.05) is 12.2 Å². The molecule has 0 N–H and O–H groups in total. The van der Waals surface area contributed by atoms with Gasteiger partial charge in [0.2, 0.25) is 0 Å². The standard InChI is InChI=1S/C16H28/c1-4-7-9-10-12-15-16(13-6-3)14-11-8-5-2/h4,6H,1-3,5,7-15H2/q+2. The van der Waals surface area contributed by atoms with Crippen LogP contribution in [0, 0.1) is 12.8 Å². The summed E-state index contributed by atoms with van der Waals surface area (Å²) in [5, 5.41) is 0. The molecule has 0 fully saturated rings. The fourth-order valence-electron chi connectivity index (χ4n) is 1.93. The predicted octanol–water partition coefficient (Wildman–Crippen LogP) is 5.67. The van der Waals surface area contributed by atoms with Gasteiger partial charge in [0.15, 0.2) is 0 Å². The van der Waals surface area contributed by atoms with Crippen molar-refractivity contribution in [3.8, 4) is 0 Å². The van der Waals surface area contributed by atoms with Gasteiger partial charge < -0.3 is 0 Å². The van der Waals surface area contributed by atoms with Gasteiger partial charge in [-0.05, 0) is 44.6 Å². The molecule has 0 spiro atoms. The van der Waals surface area contributed by atoms with Crippen LogP contribution in [0.3, 0.4) is 0 Å². The number of unbranched alkanes of at least 4 members (excludes halogenated alkanes) is 5. The van der Waals surface area contributed by atoms with Crippen molar-refractivity contribution in [3.63, 3.8) is 0 Å². The van der Waals surface area contributed by atoms with Gasteiger partial charge >= 0.3 is 0 Å². The minimum absolute atomic E-state index is 1.07. The van der Waals surface area contributed by atoms with E-state index in [1.54, 1.807) is 5.92 Å². The number of hydrogen-bond acceptors (Lipinski definition) is 0. The largest absolute Gasteiger partial charge is 0.108 e. The molecule has 0 aromatic heterocycles. The van der Waals surface area contributed by atoms with Crippen LogP contribution in [-0.2, 0) is 0 Å². The van der Waals surface area contributed by atoms with Gasteiger partial charge in [-0.2, -0.15) is 0 Å². The molecule has 0 saturated carbocycles. The van der Waals surface area contributed by atoms with Gasteiger partial charge in [-0.25, -0.2) is 0 Å². The van der Waals surface area contributed by atoms with E-state index in [-0.39, 0.29) is 0 Å². The molecule has 0 unspecified atom stereocenters. The van der Waals surface area contributed by atoms with Crippen LogP contribution in [0.1, 0.15) is 64.2 Å². The lowest BCUT2D eigenvalue weighted by Crippen LogP contribution is -1.97.